The number of amides is 2. The van der Waals surface area contributed by atoms with Crippen LogP contribution in [0.4, 0.5) is 5.69 Å². The zero-order valence-corrected chi connectivity index (χ0v) is 21.0. The van der Waals surface area contributed by atoms with Crippen molar-refractivity contribution in [1.29, 1.82) is 0 Å². The molecule has 1 saturated heterocycles. The molecule has 0 saturated carbocycles. The highest BCUT2D eigenvalue weighted by molar-refractivity contribution is 6.22. The van der Waals surface area contributed by atoms with Crippen molar-refractivity contribution in [3.8, 4) is 5.75 Å². The average molecular weight is 512 g/mol. The Morgan fingerprint density at radius 1 is 1.27 bits per heavy atom. The summed E-state index contributed by atoms with van der Waals surface area (Å²) in [5.41, 5.74) is 11.6. The number of pyridine rings is 1. The molecule has 1 fully saturated rings. The van der Waals surface area contributed by atoms with E-state index in [-0.39, 0.29) is 42.3 Å². The first-order valence-electron chi connectivity index (χ1n) is 12.1. The SMILES string of the molecule is CC(CNO)C[C@@H]1CC(=O)[C@](C)(C(=O)Oc2ccccc2)N(c2ccnc(CCCN)c2C(N)=O)C1=O. The Labute approximate surface area is 215 Å². The van der Waals surface area contributed by atoms with Gasteiger partial charge in [0, 0.05) is 25.1 Å². The van der Waals surface area contributed by atoms with Gasteiger partial charge < -0.3 is 21.4 Å². The maximum absolute atomic E-state index is 14.0. The molecule has 37 heavy (non-hydrogen) atoms. The third-order valence-electron chi connectivity index (χ3n) is 6.58. The number of piperidine rings is 1. The third kappa shape index (κ3) is 5.85. The number of carbonyl (C=O) groups is 4. The number of para-hydroxylation sites is 1. The summed E-state index contributed by atoms with van der Waals surface area (Å²) in [6.07, 6.45) is 2.27. The number of benzene rings is 1. The van der Waals surface area contributed by atoms with Gasteiger partial charge in [0.1, 0.15) is 5.75 Å². The van der Waals surface area contributed by atoms with Crippen LogP contribution in [0.5, 0.6) is 5.75 Å². The quantitative estimate of drug-likeness (QED) is 0.150. The molecule has 1 aromatic carbocycles. The number of aryl methyl sites for hydroxylation is 1. The highest BCUT2D eigenvalue weighted by Crippen LogP contribution is 2.39. The van der Waals surface area contributed by atoms with Crippen LogP contribution in [0.15, 0.2) is 42.6 Å². The number of Topliss-reactive ketones (excluding diaryl/α,β-unsaturated/α-hetero) is 1. The van der Waals surface area contributed by atoms with E-state index in [1.165, 1.54) is 19.2 Å². The van der Waals surface area contributed by atoms with Crippen LogP contribution in [0.25, 0.3) is 0 Å². The number of ketones is 1. The smallest absolute Gasteiger partial charge is 0.345 e. The van der Waals surface area contributed by atoms with E-state index in [0.29, 0.717) is 25.1 Å². The van der Waals surface area contributed by atoms with Crippen molar-refractivity contribution >= 4 is 29.3 Å². The normalized spacial score (nSPS) is 20.5. The minimum Gasteiger partial charge on any atom is -0.424 e. The Morgan fingerprint density at radius 2 is 1.97 bits per heavy atom. The number of hydroxylamine groups is 1. The fourth-order valence-electron chi connectivity index (χ4n) is 4.61. The van der Waals surface area contributed by atoms with Crippen molar-refractivity contribution in [2.45, 2.75) is 45.1 Å². The van der Waals surface area contributed by atoms with Crippen LogP contribution in [0.3, 0.4) is 0 Å². The average Bonchev–Trinajstić information content (AvgIpc) is 2.86. The molecule has 0 spiro atoms. The zero-order chi connectivity index (χ0) is 27.2. The van der Waals surface area contributed by atoms with E-state index in [1.54, 1.807) is 30.3 Å². The van der Waals surface area contributed by atoms with Crippen molar-refractivity contribution in [1.82, 2.24) is 10.5 Å². The Hall–Kier alpha value is -3.67. The van der Waals surface area contributed by atoms with Gasteiger partial charge in [-0.05, 0) is 56.8 Å². The van der Waals surface area contributed by atoms with Gasteiger partial charge in [0.2, 0.25) is 11.4 Å². The first kappa shape index (κ1) is 27.9. The summed E-state index contributed by atoms with van der Waals surface area (Å²) in [5.74, 6) is -3.65. The molecule has 11 heteroatoms. The van der Waals surface area contributed by atoms with Crippen LogP contribution in [-0.4, -0.2) is 52.4 Å². The predicted molar refractivity (Wildman–Crippen MR) is 135 cm³/mol. The van der Waals surface area contributed by atoms with Crippen LogP contribution in [-0.2, 0) is 20.8 Å². The van der Waals surface area contributed by atoms with Gasteiger partial charge in [-0.15, -0.1) is 0 Å². The summed E-state index contributed by atoms with van der Waals surface area (Å²) in [5, 5.41) is 9.07. The molecule has 2 amide bonds. The number of ether oxygens (including phenoxy) is 1. The number of primary amides is 1. The van der Waals surface area contributed by atoms with Gasteiger partial charge in [-0.3, -0.25) is 24.3 Å². The van der Waals surface area contributed by atoms with E-state index in [1.807, 2.05) is 6.92 Å². The van der Waals surface area contributed by atoms with E-state index >= 15 is 0 Å². The van der Waals surface area contributed by atoms with E-state index in [4.69, 9.17) is 21.4 Å². The maximum Gasteiger partial charge on any atom is 0.345 e. The Balaban J connectivity index is 2.16. The number of rotatable bonds is 11. The minimum atomic E-state index is -2.07. The van der Waals surface area contributed by atoms with E-state index in [2.05, 4.69) is 10.5 Å². The molecule has 1 aliphatic heterocycles. The maximum atomic E-state index is 14.0. The molecule has 11 nitrogen and oxygen atoms in total. The molecule has 0 radical (unpaired) electrons. The fraction of sp³-hybridized carbons (Fsp3) is 0.423. The van der Waals surface area contributed by atoms with Gasteiger partial charge in [-0.25, -0.2) is 10.3 Å². The molecule has 1 aliphatic rings. The standard InChI is InChI=1S/C26H33N5O6/c1-16(15-30-36)13-17-14-21(32)26(2,25(35)37-18-7-4-3-5-8-18)31(24(17)34)20-10-12-29-19(9-6-11-27)22(20)23(28)33/h3-5,7-8,10,12,16-17,30,36H,6,9,11,13-15,27H2,1-2H3,(H2,28,33)/t16?,17-,26-/m1/s1. The van der Waals surface area contributed by atoms with Gasteiger partial charge in [-0.1, -0.05) is 25.1 Å². The highest BCUT2D eigenvalue weighted by Gasteiger charge is 2.57. The van der Waals surface area contributed by atoms with Gasteiger partial charge in [-0.2, -0.15) is 0 Å². The minimum absolute atomic E-state index is 0.0121. The Morgan fingerprint density at radius 3 is 2.59 bits per heavy atom. The highest BCUT2D eigenvalue weighted by atomic mass is 16.5. The van der Waals surface area contributed by atoms with Crippen molar-refractivity contribution in [2.24, 2.45) is 23.3 Å². The number of hydrogen-bond acceptors (Lipinski definition) is 9. The van der Waals surface area contributed by atoms with Crippen LogP contribution < -0.4 is 26.6 Å². The number of anilines is 1. The summed E-state index contributed by atoms with van der Waals surface area (Å²) < 4.78 is 5.53. The molecule has 0 bridgehead atoms. The summed E-state index contributed by atoms with van der Waals surface area (Å²) >= 11 is 0. The first-order valence-corrected chi connectivity index (χ1v) is 12.1. The van der Waals surface area contributed by atoms with Crippen LogP contribution >= 0.6 is 0 Å². The summed E-state index contributed by atoms with van der Waals surface area (Å²) in [7, 11) is 0. The fourth-order valence-corrected chi connectivity index (χ4v) is 4.61. The van der Waals surface area contributed by atoms with Gasteiger partial charge in [0.05, 0.1) is 16.9 Å². The predicted octanol–water partition coefficient (Wildman–Crippen LogP) is 1.36. The number of nitrogens with two attached hydrogens (primary N) is 2. The summed E-state index contributed by atoms with van der Waals surface area (Å²) in [4.78, 5) is 59.1. The molecule has 3 atom stereocenters. The van der Waals surface area contributed by atoms with Crippen molar-refractivity contribution in [2.75, 3.05) is 18.0 Å². The third-order valence-corrected chi connectivity index (χ3v) is 6.58. The largest absolute Gasteiger partial charge is 0.424 e. The summed E-state index contributed by atoms with van der Waals surface area (Å²) in [6.45, 7) is 3.68. The number of nitrogens with zero attached hydrogens (tertiary/aromatic N) is 2. The second-order valence-electron chi connectivity index (χ2n) is 9.38. The lowest BCUT2D eigenvalue weighted by Crippen LogP contribution is -2.67. The number of esters is 1. The topological polar surface area (TPSA) is 178 Å². The monoisotopic (exact) mass is 511 g/mol. The van der Waals surface area contributed by atoms with Crippen LogP contribution in [0.2, 0.25) is 0 Å². The molecule has 2 heterocycles. The van der Waals surface area contributed by atoms with Crippen LogP contribution in [0.1, 0.15) is 49.2 Å². The van der Waals surface area contributed by atoms with Crippen LogP contribution in [0, 0.1) is 11.8 Å². The molecule has 0 aliphatic carbocycles. The van der Waals surface area contributed by atoms with E-state index < -0.39 is 35.0 Å². The van der Waals surface area contributed by atoms with Crippen molar-refractivity contribution < 1.29 is 29.1 Å². The molecular formula is C26H33N5O6. The van der Waals surface area contributed by atoms with Gasteiger partial charge in [0.25, 0.3) is 5.91 Å². The van der Waals surface area contributed by atoms with Gasteiger partial charge in [0.15, 0.2) is 5.78 Å². The zero-order valence-electron chi connectivity index (χ0n) is 21.0. The molecule has 1 unspecified atom stereocenters. The second kappa shape index (κ2) is 12.0. The molecule has 198 valence electrons. The molecule has 1 aromatic heterocycles. The lowest BCUT2D eigenvalue weighted by atomic mass is 9.77. The number of nitrogens with one attached hydrogen (secondary N) is 1. The number of hydrogen-bond donors (Lipinski definition) is 4. The second-order valence-corrected chi connectivity index (χ2v) is 9.38. The van der Waals surface area contributed by atoms with Gasteiger partial charge >= 0.3 is 5.97 Å². The molecule has 6 N–H and O–H groups in total. The Kier molecular flexibility index (Phi) is 9.09. The lowest BCUT2D eigenvalue weighted by molar-refractivity contribution is -0.151. The summed E-state index contributed by atoms with van der Waals surface area (Å²) in [6, 6.07) is 9.58. The van der Waals surface area contributed by atoms with E-state index in [9.17, 15) is 19.2 Å². The number of carbonyl (C=O) groups excluding carboxylic acids is 4. The molecule has 2 aromatic rings. The lowest BCUT2D eigenvalue weighted by Gasteiger charge is -2.44. The molecular weight excluding hydrogens is 478 g/mol. The first-order chi connectivity index (χ1) is 17.6. The Bertz CT molecular complexity index is 1160. The van der Waals surface area contributed by atoms with Crippen molar-refractivity contribution in [3.05, 3.63) is 53.9 Å². The number of aromatic nitrogens is 1. The van der Waals surface area contributed by atoms with E-state index in [0.717, 1.165) is 4.90 Å². The van der Waals surface area contributed by atoms with Crippen molar-refractivity contribution in [3.63, 3.8) is 0 Å². The molecule has 3 rings (SSSR count).